The van der Waals surface area contributed by atoms with E-state index in [1.54, 1.807) is 36.9 Å². The summed E-state index contributed by atoms with van der Waals surface area (Å²) in [7, 11) is -4.36. The summed E-state index contributed by atoms with van der Waals surface area (Å²) >= 11 is 0. The molecule has 1 aliphatic rings. The minimum atomic E-state index is -4.36. The van der Waals surface area contributed by atoms with Gasteiger partial charge in [-0.25, -0.2) is 9.10 Å². The van der Waals surface area contributed by atoms with Crippen LogP contribution in [0.4, 0.5) is 16.2 Å². The zero-order valence-electron chi connectivity index (χ0n) is 16.5. The number of nitrogens with zero attached hydrogens (tertiary/aromatic N) is 3. The van der Waals surface area contributed by atoms with Crippen LogP contribution in [-0.4, -0.2) is 61.8 Å². The Bertz CT molecular complexity index is 765. The molecule has 0 atom stereocenters. The second-order valence-electron chi connectivity index (χ2n) is 7.84. The highest BCUT2D eigenvalue weighted by molar-refractivity contribution is 7.87. The number of ether oxygens (including phenoxy) is 1. The average Bonchev–Trinajstić information content (AvgIpc) is 2.52. The van der Waals surface area contributed by atoms with E-state index < -0.39 is 21.9 Å². The molecule has 152 valence electrons. The number of benzene rings is 1. The first-order valence-corrected chi connectivity index (χ1v) is 10.4. The molecule has 1 aromatic carbocycles. The Morgan fingerprint density at radius 3 is 2.26 bits per heavy atom. The second kappa shape index (κ2) is 7.93. The van der Waals surface area contributed by atoms with Crippen LogP contribution in [0, 0.1) is 0 Å². The van der Waals surface area contributed by atoms with Crippen LogP contribution < -0.4 is 9.21 Å². The lowest BCUT2D eigenvalue weighted by molar-refractivity contribution is 0.0240. The van der Waals surface area contributed by atoms with Gasteiger partial charge < -0.3 is 14.5 Å². The lowest BCUT2D eigenvalue weighted by Crippen LogP contribution is -2.50. The maximum atomic E-state index is 12.2. The average molecular weight is 400 g/mol. The first kappa shape index (κ1) is 21.3. The van der Waals surface area contributed by atoms with E-state index in [0.717, 1.165) is 9.99 Å². The predicted molar refractivity (Wildman–Crippen MR) is 106 cm³/mol. The molecular weight excluding hydrogens is 370 g/mol. The van der Waals surface area contributed by atoms with Crippen molar-refractivity contribution in [3.8, 4) is 0 Å². The molecule has 0 saturated carbocycles. The highest BCUT2D eigenvalue weighted by atomic mass is 32.2. The molecule has 1 N–H and O–H groups in total. The van der Waals surface area contributed by atoms with Gasteiger partial charge in [-0.05, 0) is 52.8 Å². The maximum absolute atomic E-state index is 12.2. The Kier molecular flexibility index (Phi) is 6.26. The van der Waals surface area contributed by atoms with Gasteiger partial charge in [0.2, 0.25) is 0 Å². The van der Waals surface area contributed by atoms with E-state index in [1.807, 2.05) is 26.8 Å². The van der Waals surface area contributed by atoms with Gasteiger partial charge in [-0.3, -0.25) is 4.55 Å². The normalized spacial score (nSPS) is 15.8. The van der Waals surface area contributed by atoms with Crippen LogP contribution in [0.15, 0.2) is 24.3 Å². The fourth-order valence-corrected chi connectivity index (χ4v) is 3.91. The zero-order chi connectivity index (χ0) is 20.4. The van der Waals surface area contributed by atoms with E-state index in [1.165, 1.54) is 0 Å². The molecule has 27 heavy (non-hydrogen) atoms. The van der Waals surface area contributed by atoms with Crippen molar-refractivity contribution in [2.75, 3.05) is 35.4 Å². The van der Waals surface area contributed by atoms with Gasteiger partial charge >= 0.3 is 16.4 Å². The number of amides is 1. The van der Waals surface area contributed by atoms with Gasteiger partial charge in [0.15, 0.2) is 0 Å². The number of piperazine rings is 1. The zero-order valence-corrected chi connectivity index (χ0v) is 17.4. The van der Waals surface area contributed by atoms with Crippen LogP contribution >= 0.6 is 0 Å². The molecule has 1 heterocycles. The molecule has 0 aromatic heterocycles. The van der Waals surface area contributed by atoms with Gasteiger partial charge in [0.1, 0.15) is 5.60 Å². The van der Waals surface area contributed by atoms with E-state index in [4.69, 9.17) is 4.74 Å². The summed E-state index contributed by atoms with van der Waals surface area (Å²) in [6.45, 7) is 11.1. The van der Waals surface area contributed by atoms with E-state index >= 15 is 0 Å². The van der Waals surface area contributed by atoms with E-state index in [0.29, 0.717) is 31.9 Å². The molecule has 8 nitrogen and oxygen atoms in total. The topological polar surface area (TPSA) is 90.4 Å². The van der Waals surface area contributed by atoms with Crippen molar-refractivity contribution in [2.45, 2.75) is 46.3 Å². The number of carbonyl (C=O) groups excluding carboxylic acids is 1. The molecule has 9 heteroatoms. The van der Waals surface area contributed by atoms with Gasteiger partial charge in [0.25, 0.3) is 0 Å². The summed E-state index contributed by atoms with van der Waals surface area (Å²) in [5.41, 5.74) is 0.712. The summed E-state index contributed by atoms with van der Waals surface area (Å²) < 4.78 is 39.3. The van der Waals surface area contributed by atoms with E-state index in [-0.39, 0.29) is 6.09 Å². The fourth-order valence-electron chi connectivity index (χ4n) is 3.00. The third-order valence-electron chi connectivity index (χ3n) is 4.10. The van der Waals surface area contributed by atoms with Crippen molar-refractivity contribution < 1.29 is 22.5 Å². The monoisotopic (exact) mass is 399 g/mol. The van der Waals surface area contributed by atoms with Crippen molar-refractivity contribution in [3.63, 3.8) is 0 Å². The van der Waals surface area contributed by atoms with Crippen LogP contribution in [0.5, 0.6) is 0 Å². The number of anilines is 2. The van der Waals surface area contributed by atoms with E-state index in [2.05, 4.69) is 4.90 Å². The molecule has 1 amide bonds. The van der Waals surface area contributed by atoms with Crippen LogP contribution in [0.3, 0.4) is 0 Å². The van der Waals surface area contributed by atoms with Gasteiger partial charge in [-0.15, -0.1) is 0 Å². The minimum Gasteiger partial charge on any atom is -0.444 e. The van der Waals surface area contributed by atoms with E-state index in [9.17, 15) is 17.8 Å². The molecule has 1 fully saturated rings. The standard InChI is InChI=1S/C18H29N3O5S/c1-14(2)21(27(23,24)25)16-8-6-7-15(13-16)19-9-11-20(12-10-19)17(22)26-18(3,4)5/h6-8,13-14H,9-12H2,1-5H3,(H,23,24,25). The lowest BCUT2D eigenvalue weighted by atomic mass is 10.2. The molecule has 0 aliphatic carbocycles. The molecule has 1 aromatic rings. The minimum absolute atomic E-state index is 0.326. The molecule has 0 radical (unpaired) electrons. The Morgan fingerprint density at radius 2 is 1.78 bits per heavy atom. The third kappa shape index (κ3) is 5.74. The van der Waals surface area contributed by atoms with Gasteiger partial charge in [0, 0.05) is 37.9 Å². The van der Waals surface area contributed by atoms with Gasteiger partial charge in [-0.1, -0.05) is 6.07 Å². The highest BCUT2D eigenvalue weighted by Crippen LogP contribution is 2.27. The summed E-state index contributed by atoms with van der Waals surface area (Å²) in [5, 5.41) is 0. The molecule has 0 spiro atoms. The summed E-state index contributed by atoms with van der Waals surface area (Å²) in [6.07, 6.45) is -0.326. The van der Waals surface area contributed by atoms with Crippen molar-refractivity contribution in [1.82, 2.24) is 4.90 Å². The van der Waals surface area contributed by atoms with Crippen LogP contribution in [0.2, 0.25) is 0 Å². The first-order chi connectivity index (χ1) is 12.4. The Labute approximate surface area is 161 Å². The number of hydrogen-bond acceptors (Lipinski definition) is 5. The largest absolute Gasteiger partial charge is 0.444 e. The first-order valence-electron chi connectivity index (χ1n) is 8.98. The highest BCUT2D eigenvalue weighted by Gasteiger charge is 2.27. The van der Waals surface area contributed by atoms with Crippen molar-refractivity contribution in [3.05, 3.63) is 24.3 Å². The Balaban J connectivity index is 2.10. The molecule has 0 unspecified atom stereocenters. The SMILES string of the molecule is CC(C)N(c1cccc(N2CCN(C(=O)OC(C)(C)C)CC2)c1)S(=O)(=O)O. The quantitative estimate of drug-likeness (QED) is 0.783. The number of hydrogen-bond donors (Lipinski definition) is 1. The van der Waals surface area contributed by atoms with Crippen LogP contribution in [0.1, 0.15) is 34.6 Å². The molecular formula is C18H29N3O5S. The molecule has 2 rings (SSSR count). The summed E-state index contributed by atoms with van der Waals surface area (Å²) in [5.74, 6) is 0. The molecule has 0 bridgehead atoms. The van der Waals surface area contributed by atoms with Crippen molar-refractivity contribution in [1.29, 1.82) is 0 Å². The lowest BCUT2D eigenvalue weighted by Gasteiger charge is -2.37. The smallest absolute Gasteiger partial charge is 0.410 e. The van der Waals surface area contributed by atoms with Gasteiger partial charge in [-0.2, -0.15) is 8.42 Å². The molecule has 1 saturated heterocycles. The van der Waals surface area contributed by atoms with Crippen molar-refractivity contribution in [2.24, 2.45) is 0 Å². The molecule has 1 aliphatic heterocycles. The fraction of sp³-hybridized carbons (Fsp3) is 0.611. The summed E-state index contributed by atoms with van der Waals surface area (Å²) in [6, 6.07) is 6.60. The number of carbonyl (C=O) groups is 1. The predicted octanol–water partition coefficient (Wildman–Crippen LogP) is 2.76. The number of rotatable bonds is 4. The van der Waals surface area contributed by atoms with Crippen molar-refractivity contribution >= 4 is 27.8 Å². The maximum Gasteiger partial charge on any atom is 0.410 e. The van der Waals surface area contributed by atoms with Crippen LogP contribution in [-0.2, 0) is 15.0 Å². The summed E-state index contributed by atoms with van der Waals surface area (Å²) in [4.78, 5) is 15.9. The third-order valence-corrected chi connectivity index (χ3v) is 5.23. The van der Waals surface area contributed by atoms with Crippen LogP contribution in [0.25, 0.3) is 0 Å². The Morgan fingerprint density at radius 1 is 1.19 bits per heavy atom. The second-order valence-corrected chi connectivity index (χ2v) is 9.13. The Hall–Kier alpha value is -2.00. The van der Waals surface area contributed by atoms with Gasteiger partial charge in [0.05, 0.1) is 5.69 Å².